The highest BCUT2D eigenvalue weighted by Gasteiger charge is 2.22. The average molecular weight is 484 g/mol. The molecule has 0 radical (unpaired) electrons. The SMILES string of the molecule is O=c1c2cn[nH]c2c2cnc(NCC3COc4ccccc4O3)nc2n1-c1ccc2c(c1)OCCO2. The molecular weight excluding hydrogens is 464 g/mol. The molecule has 5 aromatic rings. The lowest BCUT2D eigenvalue weighted by Gasteiger charge is -2.26. The Labute approximate surface area is 203 Å². The number of benzene rings is 2. The predicted octanol–water partition coefficient (Wildman–Crippen LogP) is 2.68. The standard InChI is InChI=1S/C25H20N6O5/c32-24-17-12-28-30-22(17)16-11-27-25(26-10-15-13-35-18-3-1-2-4-20(18)36-15)29-23(16)31(24)14-5-6-19-21(9-14)34-8-7-33-19/h1-6,9,11-12,15H,7-8,10,13H2,(H,28,30)(H,26,27,29). The first-order valence-electron chi connectivity index (χ1n) is 11.5. The monoisotopic (exact) mass is 484 g/mol. The van der Waals surface area contributed by atoms with Gasteiger partial charge in [-0.3, -0.25) is 14.5 Å². The molecule has 0 spiro atoms. The van der Waals surface area contributed by atoms with Gasteiger partial charge in [0.2, 0.25) is 5.95 Å². The van der Waals surface area contributed by atoms with E-state index in [1.165, 1.54) is 10.8 Å². The summed E-state index contributed by atoms with van der Waals surface area (Å²) in [6.45, 7) is 1.75. The summed E-state index contributed by atoms with van der Waals surface area (Å²) >= 11 is 0. The van der Waals surface area contributed by atoms with Crippen LogP contribution in [-0.2, 0) is 0 Å². The first-order chi connectivity index (χ1) is 17.7. The first kappa shape index (κ1) is 20.6. The zero-order valence-electron chi connectivity index (χ0n) is 18.9. The molecule has 2 N–H and O–H groups in total. The molecule has 1 atom stereocenters. The van der Waals surface area contributed by atoms with E-state index in [1.807, 2.05) is 24.3 Å². The molecule has 0 aliphatic carbocycles. The second-order valence-corrected chi connectivity index (χ2v) is 8.44. The van der Waals surface area contributed by atoms with Crippen molar-refractivity contribution >= 4 is 27.9 Å². The van der Waals surface area contributed by atoms with Crippen molar-refractivity contribution < 1.29 is 18.9 Å². The third-order valence-electron chi connectivity index (χ3n) is 6.16. The molecule has 1 unspecified atom stereocenters. The smallest absolute Gasteiger partial charge is 0.267 e. The van der Waals surface area contributed by atoms with Crippen LogP contribution in [0.5, 0.6) is 23.0 Å². The van der Waals surface area contributed by atoms with E-state index in [1.54, 1.807) is 24.4 Å². The lowest BCUT2D eigenvalue weighted by molar-refractivity contribution is 0.0996. The largest absolute Gasteiger partial charge is 0.486 e. The van der Waals surface area contributed by atoms with Crippen molar-refractivity contribution in [3.8, 4) is 28.7 Å². The second kappa shape index (κ2) is 8.15. The van der Waals surface area contributed by atoms with E-state index in [4.69, 9.17) is 23.9 Å². The van der Waals surface area contributed by atoms with Crippen molar-refractivity contribution in [2.45, 2.75) is 6.10 Å². The lowest BCUT2D eigenvalue weighted by Crippen LogP contribution is -2.35. The number of ether oxygens (including phenoxy) is 4. The number of nitrogens with one attached hydrogen (secondary N) is 2. The van der Waals surface area contributed by atoms with Crippen LogP contribution in [0.15, 0.2) is 59.7 Å². The number of rotatable bonds is 4. The van der Waals surface area contributed by atoms with E-state index in [-0.39, 0.29) is 11.7 Å². The number of hydrogen-bond donors (Lipinski definition) is 2. The number of aromatic nitrogens is 5. The highest BCUT2D eigenvalue weighted by Crippen LogP contribution is 2.33. The van der Waals surface area contributed by atoms with Crippen LogP contribution in [0.2, 0.25) is 0 Å². The second-order valence-electron chi connectivity index (χ2n) is 8.44. The lowest BCUT2D eigenvalue weighted by atomic mass is 10.2. The summed E-state index contributed by atoms with van der Waals surface area (Å²) in [6, 6.07) is 12.9. The Morgan fingerprint density at radius 2 is 1.81 bits per heavy atom. The molecule has 11 heteroatoms. The van der Waals surface area contributed by atoms with Gasteiger partial charge in [0, 0.05) is 12.3 Å². The summed E-state index contributed by atoms with van der Waals surface area (Å²) in [5.41, 5.74) is 1.35. The maximum atomic E-state index is 13.5. The minimum atomic E-state index is -0.256. The van der Waals surface area contributed by atoms with Crippen LogP contribution in [0.1, 0.15) is 0 Å². The fourth-order valence-corrected chi connectivity index (χ4v) is 4.45. The summed E-state index contributed by atoms with van der Waals surface area (Å²) in [5.74, 6) is 2.99. The molecule has 180 valence electrons. The predicted molar refractivity (Wildman–Crippen MR) is 131 cm³/mol. The van der Waals surface area contributed by atoms with E-state index < -0.39 is 0 Å². The zero-order valence-corrected chi connectivity index (χ0v) is 18.9. The number of H-pyrrole nitrogens is 1. The summed E-state index contributed by atoms with van der Waals surface area (Å²) in [4.78, 5) is 22.7. The van der Waals surface area contributed by atoms with Crippen molar-refractivity contribution in [1.82, 2.24) is 24.7 Å². The highest BCUT2D eigenvalue weighted by molar-refractivity contribution is 6.02. The van der Waals surface area contributed by atoms with E-state index in [2.05, 4.69) is 20.5 Å². The highest BCUT2D eigenvalue weighted by atomic mass is 16.6. The zero-order chi connectivity index (χ0) is 24.1. The van der Waals surface area contributed by atoms with E-state index in [9.17, 15) is 4.79 Å². The van der Waals surface area contributed by atoms with Crippen LogP contribution < -0.4 is 29.8 Å². The maximum absolute atomic E-state index is 13.5. The van der Waals surface area contributed by atoms with Crippen LogP contribution >= 0.6 is 0 Å². The van der Waals surface area contributed by atoms with E-state index in [0.717, 1.165) is 5.75 Å². The van der Waals surface area contributed by atoms with Crippen molar-refractivity contribution in [2.24, 2.45) is 0 Å². The fraction of sp³-hybridized carbons (Fsp3) is 0.200. The molecule has 2 aromatic carbocycles. The summed E-state index contributed by atoms with van der Waals surface area (Å²) in [6.07, 6.45) is 2.96. The van der Waals surface area contributed by atoms with Crippen molar-refractivity contribution in [3.05, 3.63) is 65.2 Å². The minimum absolute atomic E-state index is 0.228. The third-order valence-corrected chi connectivity index (χ3v) is 6.16. The Balaban J connectivity index is 1.27. The van der Waals surface area contributed by atoms with E-state index >= 15 is 0 Å². The van der Waals surface area contributed by atoms with Gasteiger partial charge in [0.25, 0.3) is 5.56 Å². The molecule has 11 nitrogen and oxygen atoms in total. The Hall–Kier alpha value is -4.80. The average Bonchev–Trinajstić information content (AvgIpc) is 3.42. The Bertz CT molecular complexity index is 1680. The number of aromatic amines is 1. The van der Waals surface area contributed by atoms with Gasteiger partial charge < -0.3 is 24.3 Å². The third kappa shape index (κ3) is 3.35. The van der Waals surface area contributed by atoms with Crippen molar-refractivity contribution in [1.29, 1.82) is 0 Å². The summed E-state index contributed by atoms with van der Waals surface area (Å²) in [7, 11) is 0. The maximum Gasteiger partial charge on any atom is 0.267 e. The number of anilines is 1. The van der Waals surface area contributed by atoms with Crippen LogP contribution in [0.3, 0.4) is 0 Å². The van der Waals surface area contributed by atoms with Crippen LogP contribution in [-0.4, -0.2) is 57.2 Å². The number of pyridine rings is 1. The number of para-hydroxylation sites is 2. The van der Waals surface area contributed by atoms with Gasteiger partial charge >= 0.3 is 0 Å². The van der Waals surface area contributed by atoms with E-state index in [0.29, 0.717) is 77.2 Å². The molecule has 7 rings (SSSR count). The van der Waals surface area contributed by atoms with Gasteiger partial charge in [0.15, 0.2) is 28.6 Å². The molecular formula is C25H20N6O5. The summed E-state index contributed by atoms with van der Waals surface area (Å²) < 4.78 is 24.7. The van der Waals surface area contributed by atoms with Gasteiger partial charge in [-0.25, -0.2) is 4.98 Å². The van der Waals surface area contributed by atoms with Gasteiger partial charge in [-0.2, -0.15) is 10.1 Å². The van der Waals surface area contributed by atoms with Gasteiger partial charge in [0.05, 0.1) is 34.7 Å². The van der Waals surface area contributed by atoms with Gasteiger partial charge in [-0.15, -0.1) is 0 Å². The number of nitrogens with zero attached hydrogens (tertiary/aromatic N) is 4. The Morgan fingerprint density at radius 3 is 2.72 bits per heavy atom. The van der Waals surface area contributed by atoms with Gasteiger partial charge in [-0.1, -0.05) is 12.1 Å². The molecule has 0 fully saturated rings. The fourth-order valence-electron chi connectivity index (χ4n) is 4.45. The normalized spacial score (nSPS) is 16.3. The molecule has 2 aliphatic heterocycles. The van der Waals surface area contributed by atoms with Gasteiger partial charge in [0.1, 0.15) is 25.9 Å². The Morgan fingerprint density at radius 1 is 0.972 bits per heavy atom. The molecule has 0 amide bonds. The minimum Gasteiger partial charge on any atom is -0.486 e. The topological polar surface area (TPSA) is 125 Å². The van der Waals surface area contributed by atoms with Crippen molar-refractivity contribution in [3.63, 3.8) is 0 Å². The summed E-state index contributed by atoms with van der Waals surface area (Å²) in [5, 5.41) is 11.3. The molecule has 2 aliphatic rings. The molecule has 3 aromatic heterocycles. The molecule has 0 saturated heterocycles. The first-order valence-corrected chi connectivity index (χ1v) is 11.5. The number of fused-ring (bicyclic) bond motifs is 5. The van der Waals surface area contributed by atoms with Crippen molar-refractivity contribution in [2.75, 3.05) is 31.7 Å². The molecule has 36 heavy (non-hydrogen) atoms. The molecule has 5 heterocycles. The molecule has 0 bridgehead atoms. The quantitative estimate of drug-likeness (QED) is 0.396. The number of hydrogen-bond acceptors (Lipinski definition) is 9. The van der Waals surface area contributed by atoms with Gasteiger partial charge in [-0.05, 0) is 24.3 Å². The molecule has 0 saturated carbocycles. The van der Waals surface area contributed by atoms with Crippen LogP contribution in [0.4, 0.5) is 5.95 Å². The Kier molecular flexibility index (Phi) is 4.66. The van der Waals surface area contributed by atoms with Crippen LogP contribution in [0, 0.1) is 0 Å². The van der Waals surface area contributed by atoms with Crippen LogP contribution in [0.25, 0.3) is 27.6 Å².